The van der Waals surface area contributed by atoms with E-state index < -0.39 is 7.60 Å². The first-order chi connectivity index (χ1) is 10.0. The van der Waals surface area contributed by atoms with Gasteiger partial charge in [-0.2, -0.15) is 0 Å². The average Bonchev–Trinajstić information content (AvgIpc) is 2.43. The third-order valence-corrected chi connectivity index (χ3v) is 7.57. The number of hydrogen-bond acceptors (Lipinski definition) is 4. The summed E-state index contributed by atoms with van der Waals surface area (Å²) in [6.07, 6.45) is 10.8. The second-order valence-electron chi connectivity index (χ2n) is 5.61. The summed E-state index contributed by atoms with van der Waals surface area (Å²) in [7, 11) is 0.220. The molecule has 0 aromatic rings. The Kier molecular flexibility index (Phi) is 15.0. The molecule has 0 spiro atoms. The molecule has 0 fully saturated rings. The van der Waals surface area contributed by atoms with Crippen molar-refractivity contribution in [2.24, 2.45) is 0 Å². The smallest absolute Gasteiger partial charge is 0.324 e. The lowest BCUT2D eigenvalue weighted by Gasteiger charge is -2.14. The van der Waals surface area contributed by atoms with Crippen molar-refractivity contribution >= 4 is 29.2 Å². The Morgan fingerprint density at radius 2 is 1.48 bits per heavy atom. The highest BCUT2D eigenvalue weighted by Gasteiger charge is 2.23. The van der Waals surface area contributed by atoms with Crippen molar-refractivity contribution in [2.75, 3.05) is 18.1 Å². The first-order valence-corrected chi connectivity index (χ1v) is 12.4. The van der Waals surface area contributed by atoms with Crippen LogP contribution < -0.4 is 0 Å². The molecule has 0 saturated heterocycles. The van der Waals surface area contributed by atoms with Crippen LogP contribution in [0.5, 0.6) is 0 Å². The summed E-state index contributed by atoms with van der Waals surface area (Å²) in [6, 6.07) is 0. The van der Waals surface area contributed by atoms with E-state index in [4.69, 9.17) is 4.52 Å². The lowest BCUT2D eigenvalue weighted by molar-refractivity contribution is 0.270. The maximum Gasteiger partial charge on any atom is 0.330 e. The molecule has 0 saturated carbocycles. The van der Waals surface area contributed by atoms with Crippen LogP contribution >= 0.6 is 29.2 Å². The van der Waals surface area contributed by atoms with Crippen LogP contribution in [-0.2, 0) is 9.09 Å². The van der Waals surface area contributed by atoms with Gasteiger partial charge < -0.3 is 9.42 Å². The third-order valence-electron chi connectivity index (χ3n) is 3.26. The molecule has 0 amide bonds. The van der Waals surface area contributed by atoms with Crippen LogP contribution in [0.4, 0.5) is 0 Å². The molecule has 0 rings (SSSR count). The van der Waals surface area contributed by atoms with E-state index in [-0.39, 0.29) is 5.66 Å². The van der Waals surface area contributed by atoms with E-state index in [1.165, 1.54) is 57.1 Å². The molecular formula is C15H33O3PS2. The van der Waals surface area contributed by atoms with Gasteiger partial charge in [0.2, 0.25) is 0 Å². The van der Waals surface area contributed by atoms with E-state index in [0.29, 0.717) is 6.61 Å². The molecule has 0 heterocycles. The molecule has 0 radical (unpaired) electrons. The normalized spacial score (nSPS) is 14.5. The van der Waals surface area contributed by atoms with E-state index in [9.17, 15) is 9.46 Å². The van der Waals surface area contributed by atoms with Gasteiger partial charge in [-0.15, -0.1) is 0 Å². The molecule has 21 heavy (non-hydrogen) atoms. The van der Waals surface area contributed by atoms with Crippen molar-refractivity contribution in [3.05, 3.63) is 0 Å². The van der Waals surface area contributed by atoms with E-state index >= 15 is 0 Å². The Balaban J connectivity index is 3.18. The molecule has 0 aromatic carbocycles. The maximum absolute atomic E-state index is 11.5. The predicted octanol–water partition coefficient (Wildman–Crippen LogP) is 6.12. The van der Waals surface area contributed by atoms with Crippen molar-refractivity contribution in [1.82, 2.24) is 0 Å². The SMILES string of the molecule is CCCCCCCCCCSSCCOP(=O)(O)C(C)C. The molecule has 0 bridgehead atoms. The van der Waals surface area contributed by atoms with Crippen molar-refractivity contribution < 1.29 is 14.0 Å². The Morgan fingerprint density at radius 1 is 0.952 bits per heavy atom. The predicted molar refractivity (Wildman–Crippen MR) is 98.4 cm³/mol. The Bertz CT molecular complexity index is 276. The highest BCUT2D eigenvalue weighted by atomic mass is 33.1. The summed E-state index contributed by atoms with van der Waals surface area (Å²) < 4.78 is 16.6. The molecule has 0 aliphatic rings. The zero-order valence-electron chi connectivity index (χ0n) is 13.9. The molecule has 1 N–H and O–H groups in total. The number of hydrogen-bond donors (Lipinski definition) is 1. The second kappa shape index (κ2) is 14.4. The minimum Gasteiger partial charge on any atom is -0.324 e. The van der Waals surface area contributed by atoms with Gasteiger partial charge in [0.25, 0.3) is 0 Å². The van der Waals surface area contributed by atoms with Gasteiger partial charge in [0, 0.05) is 11.5 Å². The zero-order valence-corrected chi connectivity index (χ0v) is 16.4. The van der Waals surface area contributed by atoms with Crippen LogP contribution in [0.25, 0.3) is 0 Å². The summed E-state index contributed by atoms with van der Waals surface area (Å²) >= 11 is 0. The first kappa shape index (κ1) is 21.9. The number of unbranched alkanes of at least 4 members (excludes halogenated alkanes) is 7. The average molecular weight is 357 g/mol. The van der Waals surface area contributed by atoms with Gasteiger partial charge in [-0.25, -0.2) is 0 Å². The highest BCUT2D eigenvalue weighted by Crippen LogP contribution is 2.47. The Labute approximate surface area is 139 Å². The van der Waals surface area contributed by atoms with Crippen molar-refractivity contribution in [1.29, 1.82) is 0 Å². The molecule has 0 aliphatic heterocycles. The lowest BCUT2D eigenvalue weighted by Crippen LogP contribution is -2.03. The van der Waals surface area contributed by atoms with E-state index in [1.807, 2.05) is 10.8 Å². The van der Waals surface area contributed by atoms with Crippen molar-refractivity contribution in [3.8, 4) is 0 Å². The van der Waals surface area contributed by atoms with Crippen LogP contribution in [0.2, 0.25) is 0 Å². The van der Waals surface area contributed by atoms with Gasteiger partial charge in [0.1, 0.15) is 0 Å². The highest BCUT2D eigenvalue weighted by molar-refractivity contribution is 8.76. The summed E-state index contributed by atoms with van der Waals surface area (Å²) in [5, 5.41) is 0. The topological polar surface area (TPSA) is 46.5 Å². The van der Waals surface area contributed by atoms with Crippen molar-refractivity contribution in [3.63, 3.8) is 0 Å². The molecule has 0 aliphatic carbocycles. The van der Waals surface area contributed by atoms with Crippen LogP contribution in [0.1, 0.15) is 72.1 Å². The molecule has 1 atom stereocenters. The van der Waals surface area contributed by atoms with Gasteiger partial charge in [0.05, 0.1) is 12.3 Å². The maximum atomic E-state index is 11.5. The standard InChI is InChI=1S/C15H33O3PS2/c1-4-5-6-7-8-9-10-11-13-20-21-14-12-18-19(16,17)15(2)3/h15H,4-14H2,1-3H3,(H,16,17). The van der Waals surface area contributed by atoms with Gasteiger partial charge in [-0.3, -0.25) is 4.57 Å². The third kappa shape index (κ3) is 14.2. The quantitative estimate of drug-likeness (QED) is 0.218. The Morgan fingerprint density at radius 3 is 2.05 bits per heavy atom. The fraction of sp³-hybridized carbons (Fsp3) is 1.00. The lowest BCUT2D eigenvalue weighted by atomic mass is 10.1. The van der Waals surface area contributed by atoms with Crippen LogP contribution in [0.15, 0.2) is 0 Å². The van der Waals surface area contributed by atoms with Gasteiger partial charge in [-0.1, -0.05) is 87.3 Å². The fourth-order valence-electron chi connectivity index (χ4n) is 1.76. The molecule has 6 heteroatoms. The van der Waals surface area contributed by atoms with Crippen LogP contribution in [-0.4, -0.2) is 28.7 Å². The zero-order chi connectivity index (χ0) is 16.0. The number of rotatable bonds is 15. The second-order valence-corrected chi connectivity index (χ2v) is 10.7. The van der Waals surface area contributed by atoms with Crippen LogP contribution in [0.3, 0.4) is 0 Å². The van der Waals surface area contributed by atoms with Crippen molar-refractivity contribution in [2.45, 2.75) is 77.8 Å². The largest absolute Gasteiger partial charge is 0.330 e. The minimum atomic E-state index is -3.37. The summed E-state index contributed by atoms with van der Waals surface area (Å²) in [4.78, 5) is 9.49. The molecule has 3 nitrogen and oxygen atoms in total. The molecule has 128 valence electrons. The van der Waals surface area contributed by atoms with Gasteiger partial charge in [-0.05, 0) is 6.42 Å². The van der Waals surface area contributed by atoms with E-state index in [0.717, 1.165) is 5.75 Å². The van der Waals surface area contributed by atoms with E-state index in [2.05, 4.69) is 6.92 Å². The summed E-state index contributed by atoms with van der Waals surface area (Å²) in [5.74, 6) is 1.94. The molecule has 0 aromatic heterocycles. The fourth-order valence-corrected chi connectivity index (χ4v) is 4.51. The van der Waals surface area contributed by atoms with Gasteiger partial charge >= 0.3 is 7.60 Å². The Hall–Kier alpha value is 0.850. The molecular weight excluding hydrogens is 323 g/mol. The van der Waals surface area contributed by atoms with Crippen LogP contribution in [0, 0.1) is 0 Å². The summed E-state index contributed by atoms with van der Waals surface area (Å²) in [6.45, 7) is 6.04. The van der Waals surface area contributed by atoms with E-state index in [1.54, 1.807) is 24.6 Å². The monoisotopic (exact) mass is 356 g/mol. The molecule has 1 unspecified atom stereocenters. The first-order valence-electron chi connectivity index (χ1n) is 8.22. The minimum absolute atomic E-state index is 0.313. The van der Waals surface area contributed by atoms with Gasteiger partial charge in [0.15, 0.2) is 0 Å². The summed E-state index contributed by atoms with van der Waals surface area (Å²) in [5.41, 5.74) is -0.313.